The Morgan fingerprint density at radius 2 is 2.07 bits per heavy atom. The number of rotatable bonds is 8. The number of hydrogen-bond acceptors (Lipinski definition) is 3. The minimum atomic E-state index is -0.118. The van der Waals surface area contributed by atoms with E-state index in [2.05, 4.69) is 26.5 Å². The molecule has 0 aliphatic heterocycles. The SMILES string of the molecule is CCCCC(CC)COC(=O)CC(C)S. The third-order valence-corrected chi connectivity index (χ3v) is 2.67. The highest BCUT2D eigenvalue weighted by Crippen LogP contribution is 2.13. The van der Waals surface area contributed by atoms with Gasteiger partial charge in [-0.1, -0.05) is 40.0 Å². The van der Waals surface area contributed by atoms with Gasteiger partial charge in [0, 0.05) is 5.25 Å². The first-order valence-corrected chi connectivity index (χ1v) is 6.45. The molecule has 0 saturated heterocycles. The van der Waals surface area contributed by atoms with Gasteiger partial charge in [0.25, 0.3) is 0 Å². The number of esters is 1. The Kier molecular flexibility index (Phi) is 8.97. The van der Waals surface area contributed by atoms with Crippen molar-refractivity contribution in [1.82, 2.24) is 0 Å². The first kappa shape index (κ1) is 14.8. The Bertz CT molecular complexity index is 169. The van der Waals surface area contributed by atoms with Crippen molar-refractivity contribution in [1.29, 1.82) is 0 Å². The molecule has 0 aliphatic carbocycles. The zero-order chi connectivity index (χ0) is 11.7. The summed E-state index contributed by atoms with van der Waals surface area (Å²) in [7, 11) is 0. The number of carbonyl (C=O) groups is 1. The zero-order valence-electron chi connectivity index (χ0n) is 10.2. The number of carbonyl (C=O) groups excluding carboxylic acids is 1. The van der Waals surface area contributed by atoms with Crippen molar-refractivity contribution in [2.24, 2.45) is 5.92 Å². The third kappa shape index (κ3) is 8.79. The molecule has 0 N–H and O–H groups in total. The van der Waals surface area contributed by atoms with Gasteiger partial charge in [-0.2, -0.15) is 12.6 Å². The van der Waals surface area contributed by atoms with Crippen LogP contribution in [0.5, 0.6) is 0 Å². The summed E-state index contributed by atoms with van der Waals surface area (Å²) in [5.41, 5.74) is 0. The molecular formula is C12H24O2S. The van der Waals surface area contributed by atoms with Crippen molar-refractivity contribution in [2.75, 3.05) is 6.61 Å². The zero-order valence-corrected chi connectivity index (χ0v) is 11.1. The summed E-state index contributed by atoms with van der Waals surface area (Å²) in [6.45, 7) is 6.81. The number of ether oxygens (including phenoxy) is 1. The fraction of sp³-hybridized carbons (Fsp3) is 0.917. The lowest BCUT2D eigenvalue weighted by atomic mass is 10.0. The smallest absolute Gasteiger partial charge is 0.306 e. The van der Waals surface area contributed by atoms with E-state index in [0.717, 1.165) is 12.8 Å². The van der Waals surface area contributed by atoms with Gasteiger partial charge in [0.05, 0.1) is 13.0 Å². The normalized spacial score (nSPS) is 14.7. The predicted molar refractivity (Wildman–Crippen MR) is 67.3 cm³/mol. The van der Waals surface area contributed by atoms with Crippen LogP contribution < -0.4 is 0 Å². The monoisotopic (exact) mass is 232 g/mol. The van der Waals surface area contributed by atoms with E-state index in [1.165, 1.54) is 12.8 Å². The van der Waals surface area contributed by atoms with Crippen molar-refractivity contribution >= 4 is 18.6 Å². The molecule has 0 rings (SSSR count). The summed E-state index contributed by atoms with van der Waals surface area (Å²) in [6, 6.07) is 0. The summed E-state index contributed by atoms with van der Waals surface area (Å²) in [6.07, 6.45) is 5.09. The highest BCUT2D eigenvalue weighted by molar-refractivity contribution is 7.80. The van der Waals surface area contributed by atoms with Gasteiger partial charge in [0.15, 0.2) is 0 Å². The fourth-order valence-electron chi connectivity index (χ4n) is 1.41. The quantitative estimate of drug-likeness (QED) is 0.512. The third-order valence-electron chi connectivity index (χ3n) is 2.49. The van der Waals surface area contributed by atoms with Gasteiger partial charge in [0.2, 0.25) is 0 Å². The van der Waals surface area contributed by atoms with E-state index in [1.54, 1.807) is 0 Å². The van der Waals surface area contributed by atoms with Gasteiger partial charge in [0.1, 0.15) is 0 Å². The maximum absolute atomic E-state index is 11.3. The van der Waals surface area contributed by atoms with Crippen LogP contribution in [0.15, 0.2) is 0 Å². The van der Waals surface area contributed by atoms with Crippen LogP contribution in [-0.2, 0) is 9.53 Å². The molecule has 0 heterocycles. The summed E-state index contributed by atoms with van der Waals surface area (Å²) < 4.78 is 5.22. The van der Waals surface area contributed by atoms with Crippen LogP contribution in [-0.4, -0.2) is 17.8 Å². The Balaban J connectivity index is 3.65. The number of hydrogen-bond donors (Lipinski definition) is 1. The topological polar surface area (TPSA) is 26.3 Å². The first-order valence-electron chi connectivity index (χ1n) is 5.93. The van der Waals surface area contributed by atoms with E-state index < -0.39 is 0 Å². The molecule has 3 heteroatoms. The summed E-state index contributed by atoms with van der Waals surface area (Å²) in [4.78, 5) is 11.3. The highest BCUT2D eigenvalue weighted by Gasteiger charge is 2.11. The second-order valence-corrected chi connectivity index (χ2v) is 5.03. The van der Waals surface area contributed by atoms with Crippen molar-refractivity contribution < 1.29 is 9.53 Å². The summed E-state index contributed by atoms with van der Waals surface area (Å²) in [5.74, 6) is 0.413. The molecule has 0 saturated carbocycles. The molecule has 0 aromatic carbocycles. The van der Waals surface area contributed by atoms with E-state index in [0.29, 0.717) is 18.9 Å². The van der Waals surface area contributed by atoms with Crippen molar-refractivity contribution in [2.45, 2.75) is 58.1 Å². The molecule has 0 spiro atoms. The van der Waals surface area contributed by atoms with Crippen LogP contribution in [0.4, 0.5) is 0 Å². The molecule has 0 fully saturated rings. The first-order chi connectivity index (χ1) is 7.10. The maximum Gasteiger partial charge on any atom is 0.306 e. The summed E-state index contributed by atoms with van der Waals surface area (Å²) >= 11 is 4.16. The van der Waals surface area contributed by atoms with Crippen LogP contribution in [0.1, 0.15) is 52.9 Å². The van der Waals surface area contributed by atoms with E-state index in [1.807, 2.05) is 6.92 Å². The molecule has 90 valence electrons. The minimum Gasteiger partial charge on any atom is -0.465 e. The molecule has 0 radical (unpaired) electrons. The van der Waals surface area contributed by atoms with Gasteiger partial charge in [-0.15, -0.1) is 0 Å². The van der Waals surface area contributed by atoms with Crippen molar-refractivity contribution in [3.63, 3.8) is 0 Å². The Labute approximate surface area is 99.2 Å². The van der Waals surface area contributed by atoms with E-state index in [-0.39, 0.29) is 11.2 Å². The van der Waals surface area contributed by atoms with Crippen LogP contribution in [0.25, 0.3) is 0 Å². The number of unbranched alkanes of at least 4 members (excludes halogenated alkanes) is 1. The average Bonchev–Trinajstić information content (AvgIpc) is 2.17. The van der Waals surface area contributed by atoms with Crippen LogP contribution in [0.3, 0.4) is 0 Å². The molecule has 2 atom stereocenters. The molecule has 0 aliphatic rings. The highest BCUT2D eigenvalue weighted by atomic mass is 32.1. The summed E-state index contributed by atoms with van der Waals surface area (Å²) in [5, 5.41) is 0.0909. The van der Waals surface area contributed by atoms with E-state index >= 15 is 0 Å². The van der Waals surface area contributed by atoms with Crippen LogP contribution in [0.2, 0.25) is 0 Å². The minimum absolute atomic E-state index is 0.0909. The number of thiol groups is 1. The molecule has 2 nitrogen and oxygen atoms in total. The lowest BCUT2D eigenvalue weighted by Gasteiger charge is -2.14. The molecular weight excluding hydrogens is 208 g/mol. The fourth-order valence-corrected chi connectivity index (χ4v) is 1.56. The van der Waals surface area contributed by atoms with Gasteiger partial charge in [-0.05, 0) is 12.3 Å². The van der Waals surface area contributed by atoms with Crippen molar-refractivity contribution in [3.8, 4) is 0 Å². The van der Waals surface area contributed by atoms with Gasteiger partial charge < -0.3 is 4.74 Å². The van der Waals surface area contributed by atoms with Gasteiger partial charge >= 0.3 is 5.97 Å². The van der Waals surface area contributed by atoms with Crippen LogP contribution >= 0.6 is 12.6 Å². The van der Waals surface area contributed by atoms with Gasteiger partial charge in [-0.25, -0.2) is 0 Å². The molecule has 0 amide bonds. The molecule has 0 aromatic heterocycles. The second kappa shape index (κ2) is 9.08. The van der Waals surface area contributed by atoms with Crippen LogP contribution in [0, 0.1) is 5.92 Å². The molecule has 15 heavy (non-hydrogen) atoms. The Morgan fingerprint density at radius 1 is 1.40 bits per heavy atom. The Hall–Kier alpha value is -0.180. The standard InChI is InChI=1S/C12H24O2S/c1-4-6-7-11(5-2)9-14-12(13)8-10(3)15/h10-11,15H,4-9H2,1-3H3. The maximum atomic E-state index is 11.3. The van der Waals surface area contributed by atoms with Gasteiger partial charge in [-0.3, -0.25) is 4.79 Å². The van der Waals surface area contributed by atoms with Crippen molar-refractivity contribution in [3.05, 3.63) is 0 Å². The molecule has 2 unspecified atom stereocenters. The second-order valence-electron chi connectivity index (χ2n) is 4.15. The largest absolute Gasteiger partial charge is 0.465 e. The molecule has 0 aromatic rings. The predicted octanol–water partition coefficient (Wildman–Crippen LogP) is 3.45. The Morgan fingerprint density at radius 3 is 2.53 bits per heavy atom. The lowest BCUT2D eigenvalue weighted by Crippen LogP contribution is -2.15. The average molecular weight is 232 g/mol. The molecule has 0 bridgehead atoms. The van der Waals surface area contributed by atoms with E-state index in [9.17, 15) is 4.79 Å². The van der Waals surface area contributed by atoms with E-state index in [4.69, 9.17) is 4.74 Å². The lowest BCUT2D eigenvalue weighted by molar-refractivity contribution is -0.145.